The highest BCUT2D eigenvalue weighted by Gasteiger charge is 2.52. The molecule has 68 valence electrons. The van der Waals surface area contributed by atoms with Gasteiger partial charge in [-0.25, -0.2) is 0 Å². The number of hydrogen-bond acceptors (Lipinski definition) is 2. The van der Waals surface area contributed by atoms with Crippen LogP contribution in [0, 0.1) is 23.7 Å². The molecule has 6 atom stereocenters. The molecule has 0 heterocycles. The van der Waals surface area contributed by atoms with Gasteiger partial charge in [-0.05, 0) is 43.4 Å². The zero-order valence-electron chi connectivity index (χ0n) is 7.19. The summed E-state index contributed by atoms with van der Waals surface area (Å²) in [6, 6.07) is 0. The van der Waals surface area contributed by atoms with Crippen LogP contribution < -0.4 is 0 Å². The predicted octanol–water partition coefficient (Wildman–Crippen LogP) is 0.774. The van der Waals surface area contributed by atoms with E-state index in [2.05, 4.69) is 0 Å². The van der Waals surface area contributed by atoms with Crippen molar-refractivity contribution in [3.63, 3.8) is 0 Å². The first kappa shape index (κ1) is 7.34. The second kappa shape index (κ2) is 2.24. The molecular formula is C10H16O2. The van der Waals surface area contributed by atoms with E-state index in [1.807, 2.05) is 0 Å². The van der Waals surface area contributed by atoms with E-state index in [0.29, 0.717) is 11.8 Å². The molecule has 4 bridgehead atoms. The second-order valence-electron chi connectivity index (χ2n) is 4.97. The fourth-order valence-electron chi connectivity index (χ4n) is 3.85. The van der Waals surface area contributed by atoms with Gasteiger partial charge in [0.15, 0.2) is 0 Å². The van der Waals surface area contributed by atoms with Crippen molar-refractivity contribution < 1.29 is 10.2 Å². The third-order valence-corrected chi connectivity index (χ3v) is 4.33. The normalized spacial score (nSPS) is 62.5. The van der Waals surface area contributed by atoms with E-state index in [-0.39, 0.29) is 18.1 Å². The molecular weight excluding hydrogens is 152 g/mol. The maximum absolute atomic E-state index is 9.84. The van der Waals surface area contributed by atoms with E-state index in [1.165, 1.54) is 12.8 Å². The molecule has 0 saturated heterocycles. The van der Waals surface area contributed by atoms with Gasteiger partial charge in [0.25, 0.3) is 0 Å². The lowest BCUT2D eigenvalue weighted by Gasteiger charge is -2.55. The summed E-state index contributed by atoms with van der Waals surface area (Å²) >= 11 is 0. The first-order chi connectivity index (χ1) is 5.75. The highest BCUT2D eigenvalue weighted by Crippen LogP contribution is 2.53. The Morgan fingerprint density at radius 1 is 0.750 bits per heavy atom. The Kier molecular flexibility index (Phi) is 1.37. The third-order valence-electron chi connectivity index (χ3n) is 4.33. The zero-order valence-corrected chi connectivity index (χ0v) is 7.19. The van der Waals surface area contributed by atoms with Crippen molar-refractivity contribution in [2.75, 3.05) is 0 Å². The average Bonchev–Trinajstić information content (AvgIpc) is 2.07. The SMILES string of the molecule is OC1C2CC3C[C@@H]1C[C@H](C3)C2O. The van der Waals surface area contributed by atoms with E-state index in [4.69, 9.17) is 0 Å². The Labute approximate surface area is 72.6 Å². The van der Waals surface area contributed by atoms with Crippen LogP contribution in [0.5, 0.6) is 0 Å². The molecule has 12 heavy (non-hydrogen) atoms. The Balaban J connectivity index is 1.93. The van der Waals surface area contributed by atoms with E-state index < -0.39 is 0 Å². The lowest BCUT2D eigenvalue weighted by Crippen LogP contribution is -2.55. The molecule has 4 fully saturated rings. The van der Waals surface area contributed by atoms with Crippen LogP contribution >= 0.6 is 0 Å². The van der Waals surface area contributed by atoms with E-state index in [9.17, 15) is 10.2 Å². The molecule has 0 spiro atoms. The Hall–Kier alpha value is -0.0800. The van der Waals surface area contributed by atoms with Crippen molar-refractivity contribution in [2.24, 2.45) is 23.7 Å². The molecule has 2 nitrogen and oxygen atoms in total. The first-order valence-electron chi connectivity index (χ1n) is 5.12. The highest BCUT2D eigenvalue weighted by atomic mass is 16.3. The van der Waals surface area contributed by atoms with E-state index >= 15 is 0 Å². The Morgan fingerprint density at radius 2 is 1.33 bits per heavy atom. The average molecular weight is 168 g/mol. The van der Waals surface area contributed by atoms with Gasteiger partial charge in [-0.1, -0.05) is 0 Å². The summed E-state index contributed by atoms with van der Waals surface area (Å²) in [6.45, 7) is 0. The van der Waals surface area contributed by atoms with Crippen molar-refractivity contribution in [1.29, 1.82) is 0 Å². The smallest absolute Gasteiger partial charge is 0.0621 e. The van der Waals surface area contributed by atoms with Crippen molar-refractivity contribution in [3.05, 3.63) is 0 Å². The minimum atomic E-state index is -0.187. The largest absolute Gasteiger partial charge is 0.392 e. The quantitative estimate of drug-likeness (QED) is 0.561. The fraction of sp³-hybridized carbons (Fsp3) is 1.00. The summed E-state index contributed by atoms with van der Waals surface area (Å²) < 4.78 is 0. The van der Waals surface area contributed by atoms with Crippen molar-refractivity contribution in [1.82, 2.24) is 0 Å². The third kappa shape index (κ3) is 0.775. The summed E-state index contributed by atoms with van der Waals surface area (Å²) in [5.41, 5.74) is 0. The van der Waals surface area contributed by atoms with Gasteiger partial charge in [-0.15, -0.1) is 0 Å². The van der Waals surface area contributed by atoms with Crippen LogP contribution in [0.4, 0.5) is 0 Å². The molecule has 0 aromatic rings. The van der Waals surface area contributed by atoms with Crippen LogP contribution in [0.1, 0.15) is 25.7 Å². The molecule has 4 unspecified atom stereocenters. The minimum absolute atomic E-state index is 0.187. The molecule has 4 saturated carbocycles. The van der Waals surface area contributed by atoms with Crippen molar-refractivity contribution >= 4 is 0 Å². The standard InChI is InChI=1S/C10H16O2/c11-9-6-1-5-2-7(4-6)10(12)8(9)3-5/h5-12H,1-4H2/t5?,6-,7+,8?,9?,10?. The summed E-state index contributed by atoms with van der Waals surface area (Å²) in [5, 5.41) is 19.7. The van der Waals surface area contributed by atoms with Gasteiger partial charge in [0.1, 0.15) is 0 Å². The zero-order chi connectivity index (χ0) is 8.29. The van der Waals surface area contributed by atoms with Gasteiger partial charge in [-0.2, -0.15) is 0 Å². The van der Waals surface area contributed by atoms with Gasteiger partial charge >= 0.3 is 0 Å². The van der Waals surface area contributed by atoms with Crippen LogP contribution in [0.2, 0.25) is 0 Å². The van der Waals surface area contributed by atoms with Crippen LogP contribution in [-0.2, 0) is 0 Å². The molecule has 0 amide bonds. The van der Waals surface area contributed by atoms with E-state index in [1.54, 1.807) is 0 Å². The first-order valence-corrected chi connectivity index (χ1v) is 5.12. The molecule has 2 heteroatoms. The number of aliphatic hydroxyl groups excluding tert-OH is 2. The summed E-state index contributed by atoms with van der Waals surface area (Å²) in [4.78, 5) is 0. The Morgan fingerprint density at radius 3 is 1.92 bits per heavy atom. The minimum Gasteiger partial charge on any atom is -0.392 e. The van der Waals surface area contributed by atoms with Gasteiger partial charge in [-0.3, -0.25) is 0 Å². The number of hydrogen-bond donors (Lipinski definition) is 2. The number of rotatable bonds is 0. The van der Waals surface area contributed by atoms with Crippen LogP contribution in [-0.4, -0.2) is 22.4 Å². The van der Waals surface area contributed by atoms with Crippen LogP contribution in [0.15, 0.2) is 0 Å². The number of aliphatic hydroxyl groups is 2. The van der Waals surface area contributed by atoms with Crippen molar-refractivity contribution in [3.8, 4) is 0 Å². The molecule has 2 N–H and O–H groups in total. The summed E-state index contributed by atoms with van der Waals surface area (Å²) in [6.07, 6.45) is 4.23. The maximum Gasteiger partial charge on any atom is 0.0621 e. The topological polar surface area (TPSA) is 40.5 Å². The highest BCUT2D eigenvalue weighted by molar-refractivity contribution is 5.02. The van der Waals surface area contributed by atoms with Gasteiger partial charge in [0, 0.05) is 5.92 Å². The molecule has 4 aliphatic rings. The second-order valence-corrected chi connectivity index (χ2v) is 4.97. The van der Waals surface area contributed by atoms with E-state index in [0.717, 1.165) is 18.8 Å². The van der Waals surface area contributed by atoms with Gasteiger partial charge < -0.3 is 10.2 Å². The summed E-state index contributed by atoms with van der Waals surface area (Å²) in [5.74, 6) is 2.10. The molecule has 4 aliphatic carbocycles. The summed E-state index contributed by atoms with van der Waals surface area (Å²) in [7, 11) is 0. The molecule has 0 aromatic heterocycles. The lowest BCUT2D eigenvalue weighted by atomic mass is 9.54. The van der Waals surface area contributed by atoms with Gasteiger partial charge in [0.05, 0.1) is 12.2 Å². The maximum atomic E-state index is 9.84. The lowest BCUT2D eigenvalue weighted by molar-refractivity contribution is -0.161. The predicted molar refractivity (Wildman–Crippen MR) is 44.4 cm³/mol. The molecule has 0 aliphatic heterocycles. The van der Waals surface area contributed by atoms with Crippen LogP contribution in [0.25, 0.3) is 0 Å². The Bertz CT molecular complexity index is 186. The van der Waals surface area contributed by atoms with Crippen LogP contribution in [0.3, 0.4) is 0 Å². The molecule has 0 radical (unpaired) electrons. The monoisotopic (exact) mass is 168 g/mol. The molecule has 0 aromatic carbocycles. The molecule has 4 rings (SSSR count). The fourth-order valence-corrected chi connectivity index (χ4v) is 3.85. The van der Waals surface area contributed by atoms with Gasteiger partial charge in [0.2, 0.25) is 0 Å². The van der Waals surface area contributed by atoms with Crippen molar-refractivity contribution in [2.45, 2.75) is 37.9 Å².